The van der Waals surface area contributed by atoms with E-state index in [1.165, 1.54) is 11.0 Å². The molecule has 29 heavy (non-hydrogen) atoms. The molecule has 152 valence electrons. The molecule has 0 fully saturated rings. The number of nitrogens with zero attached hydrogens (tertiary/aromatic N) is 3. The van der Waals surface area contributed by atoms with Crippen molar-refractivity contribution in [2.45, 2.75) is 6.10 Å². The molecule has 2 heterocycles. The van der Waals surface area contributed by atoms with Gasteiger partial charge in [0.15, 0.2) is 22.4 Å². The van der Waals surface area contributed by atoms with Crippen LogP contribution in [0.25, 0.3) is 10.2 Å². The summed E-state index contributed by atoms with van der Waals surface area (Å²) in [5.41, 5.74) is 0.0419. The Hall–Kier alpha value is -2.78. The fourth-order valence-electron chi connectivity index (χ4n) is 2.98. The van der Waals surface area contributed by atoms with Gasteiger partial charge in [-0.25, -0.2) is 13.8 Å². The Kier molecular flexibility index (Phi) is 5.33. The third kappa shape index (κ3) is 4.01. The number of hydrogen-bond donors (Lipinski definition) is 0. The van der Waals surface area contributed by atoms with Crippen molar-refractivity contribution in [3.05, 3.63) is 48.0 Å². The van der Waals surface area contributed by atoms with Gasteiger partial charge in [-0.1, -0.05) is 23.5 Å². The molecule has 0 saturated carbocycles. The Morgan fingerprint density at radius 1 is 1.21 bits per heavy atom. The molecule has 1 amide bonds. The molecule has 2 aromatic carbocycles. The minimum absolute atomic E-state index is 0.0419. The van der Waals surface area contributed by atoms with Crippen molar-refractivity contribution < 1.29 is 23.0 Å². The second kappa shape index (κ2) is 7.92. The first-order valence-corrected chi connectivity index (χ1v) is 9.84. The number of anilines is 1. The topological polar surface area (TPSA) is 54.9 Å². The molecule has 1 aliphatic rings. The Balaban J connectivity index is 1.65. The molecule has 1 atom stereocenters. The molecule has 0 unspecified atom stereocenters. The molecular weight excluding hydrogens is 400 g/mol. The maximum absolute atomic E-state index is 14.1. The van der Waals surface area contributed by atoms with Gasteiger partial charge in [-0.3, -0.25) is 9.69 Å². The Labute approximate surface area is 170 Å². The zero-order chi connectivity index (χ0) is 20.5. The molecule has 6 nitrogen and oxygen atoms in total. The molecule has 9 heteroatoms. The molecule has 0 aliphatic carbocycles. The summed E-state index contributed by atoms with van der Waals surface area (Å²) in [5.74, 6) is -0.719. The molecule has 1 aliphatic heterocycles. The largest absolute Gasteiger partial charge is 0.485 e. The summed E-state index contributed by atoms with van der Waals surface area (Å²) in [6.45, 7) is 0.933. The van der Waals surface area contributed by atoms with Crippen molar-refractivity contribution in [1.29, 1.82) is 0 Å². The zero-order valence-electron chi connectivity index (χ0n) is 15.9. The minimum Gasteiger partial charge on any atom is -0.485 e. The van der Waals surface area contributed by atoms with E-state index in [0.717, 1.165) is 17.4 Å². The Morgan fingerprint density at radius 3 is 2.72 bits per heavy atom. The van der Waals surface area contributed by atoms with Gasteiger partial charge >= 0.3 is 0 Å². The third-order valence-corrected chi connectivity index (χ3v) is 5.48. The number of carbonyl (C=O) groups is 1. The number of thiazole rings is 1. The molecule has 0 N–H and O–H groups in total. The van der Waals surface area contributed by atoms with Gasteiger partial charge in [-0.05, 0) is 32.3 Å². The molecule has 0 saturated heterocycles. The summed E-state index contributed by atoms with van der Waals surface area (Å²) in [6.07, 6.45) is -0.861. The van der Waals surface area contributed by atoms with E-state index in [1.54, 1.807) is 18.2 Å². The first-order chi connectivity index (χ1) is 13.9. The highest BCUT2D eigenvalue weighted by Gasteiger charge is 2.33. The summed E-state index contributed by atoms with van der Waals surface area (Å²) < 4.78 is 39.5. The van der Waals surface area contributed by atoms with E-state index in [2.05, 4.69) is 4.98 Å². The number of hydrogen-bond acceptors (Lipinski definition) is 6. The quantitative estimate of drug-likeness (QED) is 0.635. The van der Waals surface area contributed by atoms with Crippen LogP contribution in [-0.4, -0.2) is 55.7 Å². The van der Waals surface area contributed by atoms with Gasteiger partial charge in [-0.2, -0.15) is 0 Å². The predicted molar refractivity (Wildman–Crippen MR) is 107 cm³/mol. The van der Waals surface area contributed by atoms with Crippen LogP contribution in [-0.2, 0) is 4.79 Å². The summed E-state index contributed by atoms with van der Waals surface area (Å²) in [4.78, 5) is 20.9. The van der Waals surface area contributed by atoms with E-state index in [-0.39, 0.29) is 18.0 Å². The van der Waals surface area contributed by atoms with E-state index >= 15 is 0 Å². The molecule has 0 bridgehead atoms. The standard InChI is InChI=1S/C20H19F2N3O3S/c1-24(2)7-8-25(20-23-18-13(22)9-12(21)10-17(18)29-20)19(26)16-11-27-14-5-3-4-6-15(14)28-16/h3-6,9-10,16H,7-8,11H2,1-2H3/t16-/m1/s1. The summed E-state index contributed by atoms with van der Waals surface area (Å²) >= 11 is 1.06. The molecule has 0 spiro atoms. The summed E-state index contributed by atoms with van der Waals surface area (Å²) in [6, 6.07) is 9.11. The van der Waals surface area contributed by atoms with E-state index in [9.17, 15) is 13.6 Å². The zero-order valence-corrected chi connectivity index (χ0v) is 16.7. The fraction of sp³-hybridized carbons (Fsp3) is 0.300. The number of carbonyl (C=O) groups excluding carboxylic acids is 1. The number of rotatable bonds is 5. The lowest BCUT2D eigenvalue weighted by molar-refractivity contribution is -0.127. The lowest BCUT2D eigenvalue weighted by Gasteiger charge is -2.30. The second-order valence-electron chi connectivity index (χ2n) is 6.89. The average molecular weight is 419 g/mol. The number of halogens is 2. The lowest BCUT2D eigenvalue weighted by Crippen LogP contribution is -2.48. The van der Waals surface area contributed by atoms with Crippen LogP contribution in [0.4, 0.5) is 13.9 Å². The number of para-hydroxylation sites is 2. The maximum atomic E-state index is 14.1. The summed E-state index contributed by atoms with van der Waals surface area (Å²) in [5, 5.41) is 0.291. The smallest absolute Gasteiger partial charge is 0.273 e. The van der Waals surface area contributed by atoms with E-state index in [4.69, 9.17) is 9.47 Å². The first-order valence-electron chi connectivity index (χ1n) is 9.02. The van der Waals surface area contributed by atoms with Crippen molar-refractivity contribution in [1.82, 2.24) is 9.88 Å². The van der Waals surface area contributed by atoms with Crippen LogP contribution in [0, 0.1) is 11.6 Å². The highest BCUT2D eigenvalue weighted by atomic mass is 32.1. The van der Waals surface area contributed by atoms with Crippen molar-refractivity contribution >= 4 is 32.6 Å². The molecule has 1 aromatic heterocycles. The molecule has 3 aromatic rings. The third-order valence-electron chi connectivity index (χ3n) is 4.45. The number of aromatic nitrogens is 1. The first kappa shape index (κ1) is 19.5. The number of likely N-dealkylation sites (N-methyl/N-ethyl adjacent to an activating group) is 1. The SMILES string of the molecule is CN(C)CCN(C(=O)[C@H]1COc2ccccc2O1)c1nc2c(F)cc(F)cc2s1. The van der Waals surface area contributed by atoms with Gasteiger partial charge in [0, 0.05) is 19.2 Å². The van der Waals surface area contributed by atoms with Crippen LogP contribution in [0.3, 0.4) is 0 Å². The van der Waals surface area contributed by atoms with Crippen LogP contribution in [0.15, 0.2) is 36.4 Å². The predicted octanol–water partition coefficient (Wildman–Crippen LogP) is 3.31. The average Bonchev–Trinajstić information content (AvgIpc) is 3.11. The number of amides is 1. The Bertz CT molecular complexity index is 1060. The van der Waals surface area contributed by atoms with Crippen molar-refractivity contribution in [2.75, 3.05) is 38.7 Å². The van der Waals surface area contributed by atoms with Crippen molar-refractivity contribution in [2.24, 2.45) is 0 Å². The van der Waals surface area contributed by atoms with Gasteiger partial charge in [-0.15, -0.1) is 0 Å². The lowest BCUT2D eigenvalue weighted by atomic mass is 10.2. The van der Waals surface area contributed by atoms with Crippen molar-refractivity contribution in [3.8, 4) is 11.5 Å². The van der Waals surface area contributed by atoms with E-state index in [1.807, 2.05) is 25.1 Å². The normalized spacial score (nSPS) is 15.7. The van der Waals surface area contributed by atoms with Crippen LogP contribution in [0.1, 0.15) is 0 Å². The fourth-order valence-corrected chi connectivity index (χ4v) is 4.01. The monoisotopic (exact) mass is 419 g/mol. The number of fused-ring (bicyclic) bond motifs is 2. The van der Waals surface area contributed by atoms with Gasteiger partial charge in [0.1, 0.15) is 17.9 Å². The highest BCUT2D eigenvalue weighted by Crippen LogP contribution is 2.34. The van der Waals surface area contributed by atoms with Gasteiger partial charge in [0.05, 0.1) is 4.70 Å². The molecular formula is C20H19F2N3O3S. The molecule has 4 rings (SSSR count). The van der Waals surface area contributed by atoms with Gasteiger partial charge in [0.2, 0.25) is 6.10 Å². The van der Waals surface area contributed by atoms with Crippen LogP contribution >= 0.6 is 11.3 Å². The summed E-state index contributed by atoms with van der Waals surface area (Å²) in [7, 11) is 3.76. The van der Waals surface area contributed by atoms with Crippen LogP contribution in [0.2, 0.25) is 0 Å². The maximum Gasteiger partial charge on any atom is 0.273 e. The second-order valence-corrected chi connectivity index (χ2v) is 7.90. The minimum atomic E-state index is -0.861. The van der Waals surface area contributed by atoms with E-state index < -0.39 is 17.7 Å². The highest BCUT2D eigenvalue weighted by molar-refractivity contribution is 7.22. The van der Waals surface area contributed by atoms with Gasteiger partial charge < -0.3 is 14.4 Å². The van der Waals surface area contributed by atoms with Crippen LogP contribution < -0.4 is 14.4 Å². The molecule has 0 radical (unpaired) electrons. The Morgan fingerprint density at radius 2 is 1.97 bits per heavy atom. The van der Waals surface area contributed by atoms with Crippen molar-refractivity contribution in [3.63, 3.8) is 0 Å². The number of benzene rings is 2. The van der Waals surface area contributed by atoms with Gasteiger partial charge in [0.25, 0.3) is 5.91 Å². The van der Waals surface area contributed by atoms with E-state index in [0.29, 0.717) is 34.4 Å². The number of ether oxygens (including phenoxy) is 2. The van der Waals surface area contributed by atoms with Crippen LogP contribution in [0.5, 0.6) is 11.5 Å².